The van der Waals surface area contributed by atoms with E-state index in [4.69, 9.17) is 0 Å². The zero-order valence-electron chi connectivity index (χ0n) is 24.6. The van der Waals surface area contributed by atoms with Gasteiger partial charge in [0.15, 0.2) is 0 Å². The average molecular weight is 568 g/mol. The third-order valence-corrected chi connectivity index (χ3v) is 8.95. The molecule has 0 bridgehead atoms. The van der Waals surface area contributed by atoms with Gasteiger partial charge in [0.2, 0.25) is 0 Å². The van der Waals surface area contributed by atoms with E-state index in [2.05, 4.69) is 186 Å². The molecule has 1 aliphatic rings. The minimum Gasteiger partial charge on any atom is -0.366 e. The number of para-hydroxylation sites is 2. The van der Waals surface area contributed by atoms with Crippen LogP contribution in [-0.4, -0.2) is 16.5 Å². The fraction of sp³-hybridized carbons (Fsp3) is 0.0732. The number of aromatic nitrogens is 1. The molecule has 1 aliphatic heterocycles. The van der Waals surface area contributed by atoms with E-state index in [1.165, 1.54) is 55.3 Å². The van der Waals surface area contributed by atoms with E-state index in [0.717, 1.165) is 5.70 Å². The van der Waals surface area contributed by atoms with Gasteiger partial charge in [-0.25, -0.2) is 0 Å². The van der Waals surface area contributed by atoms with Crippen molar-refractivity contribution in [3.05, 3.63) is 180 Å². The summed E-state index contributed by atoms with van der Waals surface area (Å²) in [7, 11) is 2.20. The van der Waals surface area contributed by atoms with Crippen LogP contribution in [0.3, 0.4) is 0 Å². The summed E-state index contributed by atoms with van der Waals surface area (Å²) in [6.07, 6.45) is 2.38. The number of rotatable bonds is 5. The van der Waals surface area contributed by atoms with Crippen LogP contribution in [-0.2, 0) is 0 Å². The molecule has 8 rings (SSSR count). The number of fused-ring (bicyclic) bond motifs is 3. The minimum atomic E-state index is 0.0344. The lowest BCUT2D eigenvalue weighted by Gasteiger charge is -2.40. The number of nitrogens with one attached hydrogen (secondary N) is 1. The second kappa shape index (κ2) is 11.0. The monoisotopic (exact) mass is 567 g/mol. The van der Waals surface area contributed by atoms with Crippen LogP contribution in [0.5, 0.6) is 0 Å². The molecule has 0 aliphatic carbocycles. The molecule has 212 valence electrons. The molecule has 0 fully saturated rings. The molecule has 3 heteroatoms. The maximum absolute atomic E-state index is 3.83. The summed E-state index contributed by atoms with van der Waals surface area (Å²) in [6.45, 7) is 0. The van der Waals surface area contributed by atoms with E-state index >= 15 is 0 Å². The first kappa shape index (κ1) is 26.3. The van der Waals surface area contributed by atoms with E-state index in [0.29, 0.717) is 0 Å². The van der Waals surface area contributed by atoms with Crippen molar-refractivity contribution in [2.45, 2.75) is 12.2 Å². The highest BCUT2D eigenvalue weighted by Gasteiger charge is 2.30. The van der Waals surface area contributed by atoms with Gasteiger partial charge in [0.05, 0.1) is 17.1 Å². The minimum absolute atomic E-state index is 0.0344. The third kappa shape index (κ3) is 4.59. The predicted molar refractivity (Wildman–Crippen MR) is 183 cm³/mol. The van der Waals surface area contributed by atoms with Crippen molar-refractivity contribution in [2.24, 2.45) is 0 Å². The zero-order valence-corrected chi connectivity index (χ0v) is 24.6. The fourth-order valence-electron chi connectivity index (χ4n) is 6.69. The maximum Gasteiger partial charge on any atom is 0.106 e. The topological polar surface area (TPSA) is 20.2 Å². The van der Waals surface area contributed by atoms with Crippen LogP contribution in [0, 0.1) is 0 Å². The highest BCUT2D eigenvalue weighted by Crippen LogP contribution is 2.37. The van der Waals surface area contributed by atoms with Gasteiger partial charge < -0.3 is 9.88 Å². The SMILES string of the molecule is CN1C(c2ccccc2)C=C(c2ccccc2)NC1c1ccc(-c2ccc(-n3c4ccccc4c4ccccc43)cc2)cc1. The van der Waals surface area contributed by atoms with Crippen LogP contribution in [0.1, 0.15) is 28.9 Å². The maximum atomic E-state index is 3.83. The molecule has 0 saturated carbocycles. The molecule has 0 spiro atoms. The second-order valence-electron chi connectivity index (χ2n) is 11.6. The summed E-state index contributed by atoms with van der Waals surface area (Å²) >= 11 is 0. The number of nitrogens with zero attached hydrogens (tertiary/aromatic N) is 2. The van der Waals surface area contributed by atoms with Crippen LogP contribution in [0.15, 0.2) is 164 Å². The first-order valence-electron chi connectivity index (χ1n) is 15.2. The Labute approximate surface area is 258 Å². The molecule has 0 saturated heterocycles. The quantitative estimate of drug-likeness (QED) is 0.223. The average Bonchev–Trinajstić information content (AvgIpc) is 3.44. The van der Waals surface area contributed by atoms with Gasteiger partial charge >= 0.3 is 0 Å². The van der Waals surface area contributed by atoms with Crippen molar-refractivity contribution < 1.29 is 0 Å². The molecular weight excluding hydrogens is 534 g/mol. The molecular formula is C41H33N3. The van der Waals surface area contributed by atoms with Gasteiger partial charge in [-0.1, -0.05) is 133 Å². The van der Waals surface area contributed by atoms with Crippen molar-refractivity contribution in [1.82, 2.24) is 14.8 Å². The van der Waals surface area contributed by atoms with Crippen LogP contribution >= 0.6 is 0 Å². The van der Waals surface area contributed by atoms with Crippen molar-refractivity contribution in [2.75, 3.05) is 7.05 Å². The van der Waals surface area contributed by atoms with E-state index in [1.807, 2.05) is 0 Å². The Morgan fingerprint density at radius 1 is 0.477 bits per heavy atom. The first-order chi connectivity index (χ1) is 21.7. The highest BCUT2D eigenvalue weighted by atomic mass is 15.3. The molecule has 2 heterocycles. The van der Waals surface area contributed by atoms with Crippen LogP contribution in [0.4, 0.5) is 0 Å². The van der Waals surface area contributed by atoms with Crippen LogP contribution < -0.4 is 5.32 Å². The molecule has 0 amide bonds. The second-order valence-corrected chi connectivity index (χ2v) is 11.6. The van der Waals surface area contributed by atoms with Gasteiger partial charge in [-0.15, -0.1) is 0 Å². The van der Waals surface area contributed by atoms with Crippen molar-refractivity contribution in [1.29, 1.82) is 0 Å². The van der Waals surface area contributed by atoms with Gasteiger partial charge in [0.1, 0.15) is 6.17 Å². The summed E-state index contributed by atoms with van der Waals surface area (Å²) in [6, 6.07) is 56.8. The normalized spacial score (nSPS) is 17.0. The molecule has 2 unspecified atom stereocenters. The summed E-state index contributed by atoms with van der Waals surface area (Å²) < 4.78 is 2.36. The Hall–Kier alpha value is -5.38. The zero-order chi connectivity index (χ0) is 29.5. The lowest BCUT2D eigenvalue weighted by atomic mass is 9.96. The predicted octanol–water partition coefficient (Wildman–Crippen LogP) is 9.77. The highest BCUT2D eigenvalue weighted by molar-refractivity contribution is 6.09. The first-order valence-corrected chi connectivity index (χ1v) is 15.2. The molecule has 3 nitrogen and oxygen atoms in total. The largest absolute Gasteiger partial charge is 0.366 e. The summed E-state index contributed by atoms with van der Waals surface area (Å²) in [5.41, 5.74) is 10.9. The summed E-state index contributed by atoms with van der Waals surface area (Å²) in [5, 5.41) is 6.39. The van der Waals surface area contributed by atoms with Gasteiger partial charge in [0.25, 0.3) is 0 Å². The van der Waals surface area contributed by atoms with Crippen molar-refractivity contribution >= 4 is 27.5 Å². The van der Waals surface area contributed by atoms with Crippen LogP contribution in [0.25, 0.3) is 44.3 Å². The van der Waals surface area contributed by atoms with Gasteiger partial charge in [0, 0.05) is 22.2 Å². The van der Waals surface area contributed by atoms with E-state index < -0.39 is 0 Å². The van der Waals surface area contributed by atoms with Crippen LogP contribution in [0.2, 0.25) is 0 Å². The summed E-state index contributed by atoms with van der Waals surface area (Å²) in [4.78, 5) is 2.41. The number of hydrogen-bond donors (Lipinski definition) is 1. The number of benzene rings is 6. The lowest BCUT2D eigenvalue weighted by Crippen LogP contribution is -2.41. The molecule has 6 aromatic carbocycles. The van der Waals surface area contributed by atoms with Crippen molar-refractivity contribution in [3.8, 4) is 16.8 Å². The third-order valence-electron chi connectivity index (χ3n) is 8.95. The van der Waals surface area contributed by atoms with E-state index in [1.54, 1.807) is 0 Å². The molecule has 2 atom stereocenters. The van der Waals surface area contributed by atoms with E-state index in [-0.39, 0.29) is 12.2 Å². The number of hydrogen-bond acceptors (Lipinski definition) is 2. The van der Waals surface area contributed by atoms with Gasteiger partial charge in [-0.05, 0) is 65.2 Å². The Morgan fingerprint density at radius 2 is 1.00 bits per heavy atom. The molecule has 7 aromatic rings. The van der Waals surface area contributed by atoms with Gasteiger partial charge in [-0.2, -0.15) is 0 Å². The lowest BCUT2D eigenvalue weighted by molar-refractivity contribution is 0.176. The van der Waals surface area contributed by atoms with Crippen molar-refractivity contribution in [3.63, 3.8) is 0 Å². The standard InChI is InChI=1S/C41H33N3/c1-43-40(32-14-6-3-7-15-32)28-37(31-12-4-2-5-13-31)42-41(43)33-22-20-29(21-23-33)30-24-26-34(27-25-30)44-38-18-10-8-16-35(38)36-17-9-11-19-39(36)44/h2-28,40-42H,1H3. The molecule has 0 radical (unpaired) electrons. The molecule has 1 N–H and O–H groups in total. The summed E-state index contributed by atoms with van der Waals surface area (Å²) in [5.74, 6) is 0. The Balaban J connectivity index is 1.10. The van der Waals surface area contributed by atoms with E-state index in [9.17, 15) is 0 Å². The Bertz CT molecular complexity index is 2040. The smallest absolute Gasteiger partial charge is 0.106 e. The molecule has 1 aromatic heterocycles. The Morgan fingerprint density at radius 3 is 1.61 bits per heavy atom. The number of likely N-dealkylation sites (N-methyl/N-ethyl adjacent to an activating group) is 1. The molecule has 44 heavy (non-hydrogen) atoms. The Kier molecular flexibility index (Phi) is 6.59. The van der Waals surface area contributed by atoms with Gasteiger partial charge in [-0.3, -0.25) is 4.90 Å². The fourth-order valence-corrected chi connectivity index (χ4v) is 6.69.